The van der Waals surface area contributed by atoms with Gasteiger partial charge in [-0.15, -0.1) is 0 Å². The van der Waals surface area contributed by atoms with Gasteiger partial charge in [-0.3, -0.25) is 0 Å². The lowest BCUT2D eigenvalue weighted by Crippen LogP contribution is -2.38. The highest BCUT2D eigenvalue weighted by Gasteiger charge is 2.30. The number of rotatable bonds is 6. The number of aliphatic hydroxyl groups is 1. The predicted molar refractivity (Wildman–Crippen MR) is 74.7 cm³/mol. The highest BCUT2D eigenvalue weighted by atomic mass is 16.4. The Morgan fingerprint density at radius 1 is 1.40 bits per heavy atom. The number of hydrogen-bond acceptors (Lipinski definition) is 4. The van der Waals surface area contributed by atoms with Gasteiger partial charge < -0.3 is 19.9 Å². The first-order chi connectivity index (χ1) is 9.56. The summed E-state index contributed by atoms with van der Waals surface area (Å²) in [4.78, 5) is 10.9. The minimum atomic E-state index is -1.03. The molecule has 3 N–H and O–H groups in total. The molecule has 1 aliphatic rings. The van der Waals surface area contributed by atoms with Crippen LogP contribution in [0.2, 0.25) is 0 Å². The normalized spacial score (nSPS) is 18.1. The average Bonchev–Trinajstić information content (AvgIpc) is 2.81. The maximum absolute atomic E-state index is 10.9. The van der Waals surface area contributed by atoms with Gasteiger partial charge >= 0.3 is 5.97 Å². The molecule has 0 unspecified atom stereocenters. The summed E-state index contributed by atoms with van der Waals surface area (Å²) in [5.74, 6) is -0.395. The summed E-state index contributed by atoms with van der Waals surface area (Å²) in [6.45, 7) is 3.17. The van der Waals surface area contributed by atoms with Crippen molar-refractivity contribution in [3.8, 4) is 0 Å². The molecule has 0 radical (unpaired) electrons. The minimum absolute atomic E-state index is 0.0105. The first-order valence-corrected chi connectivity index (χ1v) is 7.20. The van der Waals surface area contributed by atoms with E-state index in [1.54, 1.807) is 13.0 Å². The standard InChI is InChI=1S/C15H23NO4/c1-11-7-12(20-13(11)14(18)19)8-16-9-15(10-17)5-3-2-4-6-15/h7,16-17H,2-6,8-10H2,1H3,(H,18,19). The van der Waals surface area contributed by atoms with Gasteiger partial charge in [0.05, 0.1) is 6.54 Å². The topological polar surface area (TPSA) is 82.7 Å². The lowest BCUT2D eigenvalue weighted by atomic mass is 9.74. The van der Waals surface area contributed by atoms with Gasteiger partial charge in [0.1, 0.15) is 5.76 Å². The number of hydrogen-bond donors (Lipinski definition) is 3. The molecule has 1 heterocycles. The molecule has 1 aromatic rings. The zero-order valence-corrected chi connectivity index (χ0v) is 11.9. The fourth-order valence-electron chi connectivity index (χ4n) is 2.99. The second-order valence-corrected chi connectivity index (χ2v) is 5.85. The highest BCUT2D eigenvalue weighted by Crippen LogP contribution is 2.35. The van der Waals surface area contributed by atoms with Crippen molar-refractivity contribution in [1.82, 2.24) is 5.32 Å². The van der Waals surface area contributed by atoms with Crippen molar-refractivity contribution in [2.24, 2.45) is 5.41 Å². The van der Waals surface area contributed by atoms with Crippen LogP contribution in [0.1, 0.15) is 54.0 Å². The van der Waals surface area contributed by atoms with Gasteiger partial charge in [-0.2, -0.15) is 0 Å². The van der Waals surface area contributed by atoms with Gasteiger partial charge in [0.25, 0.3) is 0 Å². The summed E-state index contributed by atoms with van der Waals surface area (Å²) in [6.07, 6.45) is 5.69. The smallest absolute Gasteiger partial charge is 0.372 e. The fraction of sp³-hybridized carbons (Fsp3) is 0.667. The van der Waals surface area contributed by atoms with Crippen LogP contribution in [-0.2, 0) is 6.54 Å². The van der Waals surface area contributed by atoms with Crippen LogP contribution >= 0.6 is 0 Å². The second kappa shape index (κ2) is 6.41. The molecular weight excluding hydrogens is 258 g/mol. The summed E-state index contributed by atoms with van der Waals surface area (Å²) >= 11 is 0. The number of nitrogens with one attached hydrogen (secondary N) is 1. The first kappa shape index (κ1) is 15.1. The number of aryl methyl sites for hydroxylation is 1. The maximum Gasteiger partial charge on any atom is 0.372 e. The van der Waals surface area contributed by atoms with Gasteiger partial charge in [0, 0.05) is 24.1 Å². The van der Waals surface area contributed by atoms with Crippen molar-refractivity contribution in [2.45, 2.75) is 45.6 Å². The van der Waals surface area contributed by atoms with E-state index in [0.29, 0.717) is 17.9 Å². The van der Waals surface area contributed by atoms with E-state index in [1.807, 2.05) is 0 Å². The van der Waals surface area contributed by atoms with E-state index < -0.39 is 5.97 Å². The molecule has 2 rings (SSSR count). The summed E-state index contributed by atoms with van der Waals surface area (Å²) in [5, 5.41) is 21.9. The Kier molecular flexibility index (Phi) is 4.83. The third kappa shape index (κ3) is 3.41. The highest BCUT2D eigenvalue weighted by molar-refractivity contribution is 5.86. The van der Waals surface area contributed by atoms with Gasteiger partial charge in [0.15, 0.2) is 0 Å². The van der Waals surface area contributed by atoms with E-state index in [1.165, 1.54) is 19.3 Å². The number of aliphatic hydroxyl groups excluding tert-OH is 1. The Balaban J connectivity index is 1.89. The maximum atomic E-state index is 10.9. The largest absolute Gasteiger partial charge is 0.475 e. The van der Waals surface area contributed by atoms with Crippen LogP contribution in [0.25, 0.3) is 0 Å². The average molecular weight is 281 g/mol. The molecule has 0 aromatic carbocycles. The number of carboxylic acid groups (broad SMARTS) is 1. The first-order valence-electron chi connectivity index (χ1n) is 7.20. The number of furan rings is 1. The van der Waals surface area contributed by atoms with Gasteiger partial charge in [-0.25, -0.2) is 4.79 Å². The summed E-state index contributed by atoms with van der Waals surface area (Å²) in [5.41, 5.74) is 0.624. The molecule has 112 valence electrons. The lowest BCUT2D eigenvalue weighted by Gasteiger charge is -2.35. The van der Waals surface area contributed by atoms with Crippen LogP contribution < -0.4 is 5.32 Å². The van der Waals surface area contributed by atoms with Crippen molar-refractivity contribution in [2.75, 3.05) is 13.2 Å². The van der Waals surface area contributed by atoms with E-state index in [2.05, 4.69) is 5.32 Å². The molecule has 1 aliphatic carbocycles. The van der Waals surface area contributed by atoms with Crippen molar-refractivity contribution in [3.05, 3.63) is 23.2 Å². The van der Waals surface area contributed by atoms with Crippen LogP contribution in [0.4, 0.5) is 0 Å². The van der Waals surface area contributed by atoms with E-state index in [4.69, 9.17) is 9.52 Å². The Hall–Kier alpha value is -1.33. The van der Waals surface area contributed by atoms with Crippen LogP contribution in [0.15, 0.2) is 10.5 Å². The quantitative estimate of drug-likeness (QED) is 0.745. The molecule has 5 heteroatoms. The molecule has 1 fully saturated rings. The summed E-state index contributed by atoms with van der Waals surface area (Å²) in [6, 6.07) is 1.75. The zero-order valence-electron chi connectivity index (χ0n) is 11.9. The fourth-order valence-corrected chi connectivity index (χ4v) is 2.99. The van der Waals surface area contributed by atoms with Crippen LogP contribution in [-0.4, -0.2) is 29.3 Å². The molecule has 0 aliphatic heterocycles. The van der Waals surface area contributed by atoms with Crippen molar-refractivity contribution < 1.29 is 19.4 Å². The summed E-state index contributed by atoms with van der Waals surface area (Å²) in [7, 11) is 0. The Morgan fingerprint density at radius 3 is 2.65 bits per heavy atom. The molecule has 1 aromatic heterocycles. The zero-order chi connectivity index (χ0) is 14.6. The van der Waals surface area contributed by atoms with Crippen LogP contribution in [0.3, 0.4) is 0 Å². The third-order valence-electron chi connectivity index (χ3n) is 4.21. The number of carboxylic acids is 1. The Morgan fingerprint density at radius 2 is 2.10 bits per heavy atom. The van der Waals surface area contributed by atoms with Crippen molar-refractivity contribution >= 4 is 5.97 Å². The molecule has 0 atom stereocenters. The predicted octanol–water partition coefficient (Wildman–Crippen LogP) is 2.32. The molecule has 5 nitrogen and oxygen atoms in total. The number of carbonyl (C=O) groups is 1. The molecule has 0 spiro atoms. The monoisotopic (exact) mass is 281 g/mol. The van der Waals surface area contributed by atoms with Gasteiger partial charge in [-0.1, -0.05) is 19.3 Å². The number of aromatic carboxylic acids is 1. The molecular formula is C15H23NO4. The van der Waals surface area contributed by atoms with E-state index in [0.717, 1.165) is 19.4 Å². The molecule has 0 bridgehead atoms. The van der Waals surface area contributed by atoms with Crippen molar-refractivity contribution in [1.29, 1.82) is 0 Å². The van der Waals surface area contributed by atoms with E-state index >= 15 is 0 Å². The van der Waals surface area contributed by atoms with Gasteiger partial charge in [0.2, 0.25) is 5.76 Å². The van der Waals surface area contributed by atoms with E-state index in [9.17, 15) is 9.90 Å². The third-order valence-corrected chi connectivity index (χ3v) is 4.21. The van der Waals surface area contributed by atoms with Gasteiger partial charge in [-0.05, 0) is 25.8 Å². The minimum Gasteiger partial charge on any atom is -0.475 e. The van der Waals surface area contributed by atoms with Crippen LogP contribution in [0, 0.1) is 12.3 Å². The molecule has 0 saturated heterocycles. The molecule has 0 amide bonds. The molecule has 1 saturated carbocycles. The second-order valence-electron chi connectivity index (χ2n) is 5.85. The SMILES string of the molecule is Cc1cc(CNCC2(CO)CCCCC2)oc1C(=O)O. The molecule has 20 heavy (non-hydrogen) atoms. The lowest BCUT2D eigenvalue weighted by molar-refractivity contribution is 0.0658. The summed E-state index contributed by atoms with van der Waals surface area (Å²) < 4.78 is 5.31. The van der Waals surface area contributed by atoms with E-state index in [-0.39, 0.29) is 17.8 Å². The Bertz CT molecular complexity index is 460. The van der Waals surface area contributed by atoms with Crippen LogP contribution in [0.5, 0.6) is 0 Å². The van der Waals surface area contributed by atoms with Crippen molar-refractivity contribution in [3.63, 3.8) is 0 Å². The Labute approximate surface area is 119 Å².